The molecule has 1 heterocycles. The van der Waals surface area contributed by atoms with Gasteiger partial charge in [-0.2, -0.15) is 0 Å². The number of anilines is 2. The molecule has 1 aromatic heterocycles. The molecule has 14 heavy (non-hydrogen) atoms. The number of hydrogen-bond acceptors (Lipinski definition) is 4. The van der Waals surface area contributed by atoms with Gasteiger partial charge in [-0.3, -0.25) is 0 Å². The minimum atomic E-state index is 0.359. The first-order valence-corrected chi connectivity index (χ1v) is 5.05. The van der Waals surface area contributed by atoms with Crippen LogP contribution in [0.4, 0.5) is 11.6 Å². The molecule has 0 amide bonds. The Labute approximate surface area is 83.9 Å². The van der Waals surface area contributed by atoms with Crippen molar-refractivity contribution in [3.05, 3.63) is 11.9 Å². The monoisotopic (exact) mass is 192 g/mol. The molecular weight excluding hydrogens is 176 g/mol. The van der Waals surface area contributed by atoms with Crippen LogP contribution in [0.1, 0.15) is 38.2 Å². The summed E-state index contributed by atoms with van der Waals surface area (Å²) in [6.45, 7) is 4.21. The number of nitrogens with one attached hydrogen (secondary N) is 1. The van der Waals surface area contributed by atoms with Crippen LogP contribution in [0.25, 0.3) is 0 Å². The van der Waals surface area contributed by atoms with Gasteiger partial charge in [0, 0.05) is 11.6 Å². The molecule has 2 rings (SSSR count). The van der Waals surface area contributed by atoms with Gasteiger partial charge in [0.25, 0.3) is 0 Å². The zero-order valence-corrected chi connectivity index (χ0v) is 8.62. The summed E-state index contributed by atoms with van der Waals surface area (Å²) in [5, 5.41) is 3.38. The molecule has 76 valence electrons. The highest BCUT2D eigenvalue weighted by Crippen LogP contribution is 2.30. The first kappa shape index (κ1) is 9.24. The van der Waals surface area contributed by atoms with Crippen LogP contribution >= 0.6 is 0 Å². The highest BCUT2D eigenvalue weighted by Gasteiger charge is 2.23. The Morgan fingerprint density at radius 2 is 2.14 bits per heavy atom. The summed E-state index contributed by atoms with van der Waals surface area (Å²) < 4.78 is 0. The molecule has 0 aliphatic heterocycles. The van der Waals surface area contributed by atoms with Crippen molar-refractivity contribution >= 4 is 11.6 Å². The molecule has 0 saturated heterocycles. The molecule has 0 spiro atoms. The van der Waals surface area contributed by atoms with Crippen LogP contribution in [0, 0.1) is 0 Å². The average molecular weight is 192 g/mol. The van der Waals surface area contributed by atoms with E-state index in [0.29, 0.717) is 17.8 Å². The molecule has 1 fully saturated rings. The molecular formula is C10H16N4. The lowest BCUT2D eigenvalue weighted by Crippen LogP contribution is -2.10. The van der Waals surface area contributed by atoms with E-state index in [2.05, 4.69) is 29.1 Å². The van der Waals surface area contributed by atoms with Crippen LogP contribution in [-0.2, 0) is 0 Å². The normalized spacial score (nSPS) is 15.9. The predicted octanol–water partition coefficient (Wildman–Crippen LogP) is 1.76. The second-order valence-electron chi connectivity index (χ2n) is 4.09. The maximum atomic E-state index is 5.83. The largest absolute Gasteiger partial charge is 0.383 e. The number of nitrogens with zero attached hydrogens (tertiary/aromatic N) is 2. The van der Waals surface area contributed by atoms with Gasteiger partial charge in [0.05, 0.1) is 0 Å². The molecule has 0 aromatic carbocycles. The third-order valence-corrected chi connectivity index (χ3v) is 2.41. The molecule has 4 heteroatoms. The van der Waals surface area contributed by atoms with E-state index in [4.69, 9.17) is 5.73 Å². The van der Waals surface area contributed by atoms with Gasteiger partial charge in [0.2, 0.25) is 0 Å². The van der Waals surface area contributed by atoms with Crippen molar-refractivity contribution in [2.75, 3.05) is 11.1 Å². The summed E-state index contributed by atoms with van der Waals surface area (Å²) in [5.41, 5.74) is 6.87. The summed E-state index contributed by atoms with van der Waals surface area (Å²) in [6.07, 6.45) is 3.99. The van der Waals surface area contributed by atoms with Crippen LogP contribution in [0.15, 0.2) is 6.33 Å². The Morgan fingerprint density at radius 3 is 2.71 bits per heavy atom. The Bertz CT molecular complexity index is 331. The van der Waals surface area contributed by atoms with E-state index in [9.17, 15) is 0 Å². The fraction of sp³-hybridized carbons (Fsp3) is 0.600. The summed E-state index contributed by atoms with van der Waals surface area (Å²) >= 11 is 0. The van der Waals surface area contributed by atoms with Crippen LogP contribution in [-0.4, -0.2) is 16.0 Å². The molecule has 0 bridgehead atoms. The number of nitrogen functional groups attached to an aromatic ring is 1. The van der Waals surface area contributed by atoms with E-state index in [-0.39, 0.29) is 0 Å². The van der Waals surface area contributed by atoms with E-state index >= 15 is 0 Å². The molecule has 4 nitrogen and oxygen atoms in total. The lowest BCUT2D eigenvalue weighted by atomic mass is 10.0. The van der Waals surface area contributed by atoms with E-state index in [0.717, 1.165) is 11.4 Å². The van der Waals surface area contributed by atoms with Crippen molar-refractivity contribution in [3.63, 3.8) is 0 Å². The third kappa shape index (κ3) is 1.78. The summed E-state index contributed by atoms with van der Waals surface area (Å²) in [4.78, 5) is 8.25. The van der Waals surface area contributed by atoms with Crippen molar-refractivity contribution in [3.8, 4) is 0 Å². The van der Waals surface area contributed by atoms with Crippen LogP contribution in [0.3, 0.4) is 0 Å². The van der Waals surface area contributed by atoms with Gasteiger partial charge < -0.3 is 11.1 Å². The fourth-order valence-electron chi connectivity index (χ4n) is 1.51. The number of rotatable bonds is 3. The smallest absolute Gasteiger partial charge is 0.135 e. The van der Waals surface area contributed by atoms with Crippen molar-refractivity contribution in [2.45, 2.75) is 38.6 Å². The molecule has 0 atom stereocenters. The zero-order chi connectivity index (χ0) is 10.1. The molecule has 0 unspecified atom stereocenters. The minimum absolute atomic E-state index is 0.359. The first-order valence-electron chi connectivity index (χ1n) is 5.05. The van der Waals surface area contributed by atoms with Gasteiger partial charge >= 0.3 is 0 Å². The van der Waals surface area contributed by atoms with Gasteiger partial charge in [-0.25, -0.2) is 9.97 Å². The van der Waals surface area contributed by atoms with Crippen molar-refractivity contribution in [1.29, 1.82) is 0 Å². The van der Waals surface area contributed by atoms with Gasteiger partial charge in [0.15, 0.2) is 0 Å². The predicted molar refractivity (Wildman–Crippen MR) is 57.2 cm³/mol. The summed E-state index contributed by atoms with van der Waals surface area (Å²) in [7, 11) is 0. The van der Waals surface area contributed by atoms with Gasteiger partial charge in [-0.15, -0.1) is 0 Å². The lowest BCUT2D eigenvalue weighted by molar-refractivity contribution is 0.849. The molecule has 1 aromatic rings. The molecule has 3 N–H and O–H groups in total. The Balaban J connectivity index is 2.30. The fourth-order valence-corrected chi connectivity index (χ4v) is 1.51. The minimum Gasteiger partial charge on any atom is -0.383 e. The molecule has 0 radical (unpaired) electrons. The van der Waals surface area contributed by atoms with E-state index in [1.165, 1.54) is 19.2 Å². The lowest BCUT2D eigenvalue weighted by Gasteiger charge is -2.14. The van der Waals surface area contributed by atoms with E-state index < -0.39 is 0 Å². The number of aromatic nitrogens is 2. The van der Waals surface area contributed by atoms with Gasteiger partial charge in [-0.05, 0) is 18.8 Å². The first-order chi connectivity index (χ1) is 6.68. The standard InChI is InChI=1S/C10H16N4/c1-6(2)8-9(11)12-5-13-10(8)14-7-3-4-7/h5-7H,3-4H2,1-2H3,(H3,11,12,13,14). The van der Waals surface area contributed by atoms with Gasteiger partial charge in [0.1, 0.15) is 18.0 Å². The van der Waals surface area contributed by atoms with Crippen LogP contribution < -0.4 is 11.1 Å². The van der Waals surface area contributed by atoms with Gasteiger partial charge in [-0.1, -0.05) is 13.8 Å². The zero-order valence-electron chi connectivity index (χ0n) is 8.62. The Morgan fingerprint density at radius 1 is 1.43 bits per heavy atom. The Kier molecular flexibility index (Phi) is 2.27. The summed E-state index contributed by atoms with van der Waals surface area (Å²) in [6, 6.07) is 0.599. The van der Waals surface area contributed by atoms with E-state index in [1.807, 2.05) is 0 Å². The molecule has 1 aliphatic rings. The molecule has 1 aliphatic carbocycles. The molecule has 1 saturated carbocycles. The summed E-state index contributed by atoms with van der Waals surface area (Å²) in [5.74, 6) is 1.87. The number of hydrogen-bond donors (Lipinski definition) is 2. The topological polar surface area (TPSA) is 63.8 Å². The average Bonchev–Trinajstić information content (AvgIpc) is 2.87. The number of nitrogens with two attached hydrogens (primary N) is 1. The maximum absolute atomic E-state index is 5.83. The van der Waals surface area contributed by atoms with Crippen LogP contribution in [0.2, 0.25) is 0 Å². The highest BCUT2D eigenvalue weighted by molar-refractivity contribution is 5.57. The van der Waals surface area contributed by atoms with Crippen molar-refractivity contribution < 1.29 is 0 Å². The third-order valence-electron chi connectivity index (χ3n) is 2.41. The second kappa shape index (κ2) is 3.44. The maximum Gasteiger partial charge on any atom is 0.135 e. The SMILES string of the molecule is CC(C)c1c(N)ncnc1NC1CC1. The van der Waals surface area contributed by atoms with Crippen LogP contribution in [0.5, 0.6) is 0 Å². The highest BCUT2D eigenvalue weighted by atomic mass is 15.1. The Hall–Kier alpha value is -1.32. The van der Waals surface area contributed by atoms with E-state index in [1.54, 1.807) is 0 Å². The van der Waals surface area contributed by atoms with Crippen molar-refractivity contribution in [2.24, 2.45) is 0 Å². The quantitative estimate of drug-likeness (QED) is 0.766. The van der Waals surface area contributed by atoms with Crippen molar-refractivity contribution in [1.82, 2.24) is 9.97 Å². The second-order valence-corrected chi connectivity index (χ2v) is 4.09.